The number of rotatable bonds is 15. The number of amides is 1. The highest BCUT2D eigenvalue weighted by Gasteiger charge is 2.32. The van der Waals surface area contributed by atoms with E-state index in [1.807, 2.05) is 7.05 Å². The third-order valence-corrected chi connectivity index (χ3v) is 5.93. The van der Waals surface area contributed by atoms with Crippen LogP contribution < -0.4 is 21.7 Å². The number of aliphatic imine (C=N–C) groups is 1. The third kappa shape index (κ3) is 13.9. The molecule has 3 atom stereocenters. The molecule has 0 aromatic heterocycles. The summed E-state index contributed by atoms with van der Waals surface area (Å²) in [5.74, 6) is 2.05. The van der Waals surface area contributed by atoms with Crippen LogP contribution in [0.4, 0.5) is 0 Å². The minimum atomic E-state index is -0.524. The molecule has 0 aliphatic carbocycles. The number of nitrogens with one attached hydrogen (secondary N) is 3. The summed E-state index contributed by atoms with van der Waals surface area (Å²) >= 11 is 4.39. The Kier molecular flexibility index (Phi) is 14.5. The van der Waals surface area contributed by atoms with E-state index in [1.54, 1.807) is 7.05 Å². The Morgan fingerprint density at radius 3 is 2.42 bits per heavy atom. The summed E-state index contributed by atoms with van der Waals surface area (Å²) in [6.07, 6.45) is 4.48. The molecule has 8 heteroatoms. The molecule has 0 aromatic carbocycles. The molecular formula is C23H49N5O2S. The highest BCUT2D eigenvalue weighted by Crippen LogP contribution is 2.29. The summed E-state index contributed by atoms with van der Waals surface area (Å²) in [6, 6.07) is -0.524. The average Bonchev–Trinajstić information content (AvgIpc) is 2.69. The molecule has 0 aliphatic heterocycles. The van der Waals surface area contributed by atoms with E-state index >= 15 is 0 Å². The molecule has 7 nitrogen and oxygen atoms in total. The van der Waals surface area contributed by atoms with Gasteiger partial charge in [-0.3, -0.25) is 9.79 Å². The molecule has 0 aromatic rings. The van der Waals surface area contributed by atoms with Gasteiger partial charge < -0.3 is 26.4 Å². The number of hydrogen-bond acceptors (Lipinski definition) is 5. The van der Waals surface area contributed by atoms with Gasteiger partial charge in [0.2, 0.25) is 5.91 Å². The van der Waals surface area contributed by atoms with Gasteiger partial charge in [-0.2, -0.15) is 12.6 Å². The Bertz CT molecular complexity index is 540. The molecule has 0 fully saturated rings. The van der Waals surface area contributed by atoms with Gasteiger partial charge in [-0.05, 0) is 63.0 Å². The van der Waals surface area contributed by atoms with Crippen molar-refractivity contribution in [3.8, 4) is 0 Å². The molecular weight excluding hydrogens is 410 g/mol. The molecule has 0 saturated carbocycles. The van der Waals surface area contributed by atoms with E-state index in [2.05, 4.69) is 75.1 Å². The number of guanidine groups is 1. The highest BCUT2D eigenvalue weighted by atomic mass is 32.1. The Morgan fingerprint density at radius 2 is 1.90 bits per heavy atom. The summed E-state index contributed by atoms with van der Waals surface area (Å²) in [7, 11) is 3.53. The van der Waals surface area contributed by atoms with Crippen molar-refractivity contribution in [1.29, 1.82) is 0 Å². The van der Waals surface area contributed by atoms with Crippen molar-refractivity contribution in [1.82, 2.24) is 16.0 Å². The van der Waals surface area contributed by atoms with Gasteiger partial charge in [-0.1, -0.05) is 27.7 Å². The van der Waals surface area contributed by atoms with Crippen LogP contribution in [0, 0.1) is 11.3 Å². The van der Waals surface area contributed by atoms with Crippen LogP contribution in [0.5, 0.6) is 0 Å². The lowest BCUT2D eigenvalue weighted by atomic mass is 9.80. The maximum Gasteiger partial charge on any atom is 0.237 e. The summed E-state index contributed by atoms with van der Waals surface area (Å²) in [5, 5.41) is 9.27. The van der Waals surface area contributed by atoms with Gasteiger partial charge in [0.1, 0.15) is 0 Å². The smallest absolute Gasteiger partial charge is 0.237 e. The van der Waals surface area contributed by atoms with Gasteiger partial charge >= 0.3 is 0 Å². The molecule has 0 saturated heterocycles. The number of nitrogens with two attached hydrogens (primary N) is 1. The fourth-order valence-corrected chi connectivity index (χ4v) is 4.03. The monoisotopic (exact) mass is 459 g/mol. The van der Waals surface area contributed by atoms with Crippen molar-refractivity contribution in [2.45, 2.75) is 91.3 Å². The molecule has 0 bridgehead atoms. The van der Waals surface area contributed by atoms with Crippen molar-refractivity contribution in [3.05, 3.63) is 0 Å². The second-order valence-electron chi connectivity index (χ2n) is 10.1. The Balaban J connectivity index is 4.52. The number of ether oxygens (including phenoxy) is 1. The first-order valence-electron chi connectivity index (χ1n) is 11.6. The van der Waals surface area contributed by atoms with Crippen LogP contribution >= 0.6 is 12.6 Å². The van der Waals surface area contributed by atoms with Gasteiger partial charge in [0.05, 0.1) is 18.8 Å². The van der Waals surface area contributed by atoms with Gasteiger partial charge in [0.25, 0.3) is 0 Å². The number of nitrogens with zero attached hydrogens (tertiary/aromatic N) is 1. The molecule has 0 rings (SSSR count). The predicted molar refractivity (Wildman–Crippen MR) is 136 cm³/mol. The maximum absolute atomic E-state index is 12.6. The predicted octanol–water partition coefficient (Wildman–Crippen LogP) is 2.95. The molecule has 3 unspecified atom stereocenters. The van der Waals surface area contributed by atoms with Crippen LogP contribution in [-0.2, 0) is 9.53 Å². The van der Waals surface area contributed by atoms with Crippen LogP contribution in [0.3, 0.4) is 0 Å². The lowest BCUT2D eigenvalue weighted by molar-refractivity contribution is -0.124. The van der Waals surface area contributed by atoms with Crippen LogP contribution in [0.1, 0.15) is 73.6 Å². The zero-order valence-electron chi connectivity index (χ0n) is 21.2. The van der Waals surface area contributed by atoms with Crippen LogP contribution in [0.2, 0.25) is 0 Å². The summed E-state index contributed by atoms with van der Waals surface area (Å²) in [5.41, 5.74) is 5.70. The Morgan fingerprint density at radius 1 is 1.26 bits per heavy atom. The van der Waals surface area contributed by atoms with Gasteiger partial charge in [0, 0.05) is 26.2 Å². The highest BCUT2D eigenvalue weighted by molar-refractivity contribution is 7.80. The number of thiol groups is 1. The average molecular weight is 460 g/mol. The van der Waals surface area contributed by atoms with Crippen molar-refractivity contribution in [3.63, 3.8) is 0 Å². The quantitative estimate of drug-likeness (QED) is 0.112. The summed E-state index contributed by atoms with van der Waals surface area (Å²) in [4.78, 5) is 16.7. The molecule has 0 heterocycles. The fourth-order valence-electron chi connectivity index (χ4n) is 3.88. The number of carbonyl (C=O) groups is 1. The van der Waals surface area contributed by atoms with E-state index in [1.165, 1.54) is 0 Å². The lowest BCUT2D eigenvalue weighted by Crippen LogP contribution is -2.52. The Hall–Kier alpha value is -0.990. The third-order valence-electron chi connectivity index (χ3n) is 5.31. The van der Waals surface area contributed by atoms with E-state index in [9.17, 15) is 4.79 Å². The molecule has 0 aliphatic rings. The molecule has 5 N–H and O–H groups in total. The van der Waals surface area contributed by atoms with Crippen LogP contribution in [0.15, 0.2) is 4.99 Å². The van der Waals surface area contributed by atoms with Crippen molar-refractivity contribution >= 4 is 24.5 Å². The minimum absolute atomic E-state index is 0.0640. The zero-order valence-corrected chi connectivity index (χ0v) is 22.1. The number of hydrogen-bond donors (Lipinski definition) is 5. The fraction of sp³-hybridized carbons (Fsp3) is 0.913. The van der Waals surface area contributed by atoms with E-state index in [-0.39, 0.29) is 23.0 Å². The zero-order chi connectivity index (χ0) is 24.1. The second-order valence-corrected chi connectivity index (χ2v) is 10.4. The normalized spacial score (nSPS) is 15.9. The molecule has 184 valence electrons. The minimum Gasteiger partial charge on any atom is -0.378 e. The first-order valence-corrected chi connectivity index (χ1v) is 12.2. The summed E-state index contributed by atoms with van der Waals surface area (Å²) < 4.78 is 6.24. The van der Waals surface area contributed by atoms with E-state index < -0.39 is 6.04 Å². The van der Waals surface area contributed by atoms with Crippen molar-refractivity contribution in [2.24, 2.45) is 22.1 Å². The first kappa shape index (κ1) is 30.0. The van der Waals surface area contributed by atoms with Crippen LogP contribution in [0.25, 0.3) is 0 Å². The van der Waals surface area contributed by atoms with Gasteiger partial charge in [-0.15, -0.1) is 0 Å². The van der Waals surface area contributed by atoms with E-state index in [4.69, 9.17) is 10.5 Å². The van der Waals surface area contributed by atoms with Gasteiger partial charge in [-0.25, -0.2) is 0 Å². The van der Waals surface area contributed by atoms with E-state index in [0.29, 0.717) is 25.5 Å². The topological polar surface area (TPSA) is 101 Å². The number of carbonyl (C=O) groups excluding carboxylic acids is 1. The standard InChI is InChI=1S/C23H49N5O2S/c1-9-18(13-17(2)14-31)30-16-22(3,4)15-23(5,6)28-20(29)19(24)11-10-12-27-21(25-7)26-8/h17-19,31H,9-16,24H2,1-8H3,(H,28,29)(H2,25,26,27). The molecule has 0 spiro atoms. The molecule has 0 radical (unpaired) electrons. The lowest BCUT2D eigenvalue weighted by Gasteiger charge is -2.37. The molecule has 1 amide bonds. The van der Waals surface area contributed by atoms with Crippen LogP contribution in [-0.4, -0.2) is 62.6 Å². The maximum atomic E-state index is 12.6. The summed E-state index contributed by atoms with van der Waals surface area (Å²) in [6.45, 7) is 14.2. The first-order chi connectivity index (χ1) is 14.4. The van der Waals surface area contributed by atoms with Crippen molar-refractivity contribution < 1.29 is 9.53 Å². The van der Waals surface area contributed by atoms with E-state index in [0.717, 1.165) is 37.4 Å². The van der Waals surface area contributed by atoms with Crippen molar-refractivity contribution in [2.75, 3.05) is 33.0 Å². The SMILES string of the molecule is CCC(CC(C)CS)OCC(C)(C)CC(C)(C)NC(=O)C(N)CCCN/C(=N/C)NC. The van der Waals surface area contributed by atoms with Gasteiger partial charge in [0.15, 0.2) is 5.96 Å². The Labute approximate surface area is 196 Å². The molecule has 31 heavy (non-hydrogen) atoms. The second kappa shape index (κ2) is 15.0. The largest absolute Gasteiger partial charge is 0.378 e.